The topological polar surface area (TPSA) is 70.1 Å². The number of carbonyl (C=O) groups excluding carboxylic acids is 1. The summed E-state index contributed by atoms with van der Waals surface area (Å²) in [5.41, 5.74) is 0. The second kappa shape index (κ2) is 6.33. The second-order valence-electron chi connectivity index (χ2n) is 3.46. The van der Waals surface area contributed by atoms with Crippen LogP contribution in [0, 0.1) is 12.3 Å². The van der Waals surface area contributed by atoms with E-state index in [0.29, 0.717) is 11.6 Å². The van der Waals surface area contributed by atoms with Crippen LogP contribution in [0.5, 0.6) is 0 Å². The van der Waals surface area contributed by atoms with Gasteiger partial charge in [0, 0.05) is 26.5 Å². The molecular weight excluding hydrogens is 218 g/mol. The van der Waals surface area contributed by atoms with Gasteiger partial charge in [-0.3, -0.25) is 4.79 Å². The summed E-state index contributed by atoms with van der Waals surface area (Å²) < 4.78 is 0. The van der Waals surface area contributed by atoms with Crippen LogP contribution in [0.3, 0.4) is 0 Å². The van der Waals surface area contributed by atoms with Crippen LogP contribution in [0.15, 0.2) is 12.4 Å². The molecule has 0 atom stereocenters. The van der Waals surface area contributed by atoms with Crippen molar-refractivity contribution in [3.63, 3.8) is 0 Å². The van der Waals surface area contributed by atoms with Crippen LogP contribution >= 0.6 is 0 Å². The van der Waals surface area contributed by atoms with E-state index < -0.39 is 0 Å². The molecule has 17 heavy (non-hydrogen) atoms. The summed E-state index contributed by atoms with van der Waals surface area (Å²) in [6.07, 6.45) is 8.19. The van der Waals surface area contributed by atoms with E-state index in [4.69, 9.17) is 6.42 Å². The lowest BCUT2D eigenvalue weighted by atomic mass is 10.5. The first-order valence-corrected chi connectivity index (χ1v) is 5.07. The monoisotopic (exact) mass is 233 g/mol. The van der Waals surface area contributed by atoms with Gasteiger partial charge in [0.15, 0.2) is 11.6 Å². The van der Waals surface area contributed by atoms with Gasteiger partial charge < -0.3 is 15.5 Å². The number of carbonyl (C=O) groups is 1. The highest BCUT2D eigenvalue weighted by atomic mass is 16.1. The summed E-state index contributed by atoms with van der Waals surface area (Å²) in [4.78, 5) is 21.4. The maximum Gasteiger partial charge on any atom is 0.240 e. The molecule has 6 heteroatoms. The molecule has 90 valence electrons. The summed E-state index contributed by atoms with van der Waals surface area (Å²) in [6, 6.07) is 0. The van der Waals surface area contributed by atoms with Crippen LogP contribution in [0.25, 0.3) is 0 Å². The average molecular weight is 233 g/mol. The molecule has 2 N–H and O–H groups in total. The van der Waals surface area contributed by atoms with E-state index in [2.05, 4.69) is 26.5 Å². The molecule has 1 rings (SSSR count). The highest BCUT2D eigenvalue weighted by Crippen LogP contribution is 2.16. The van der Waals surface area contributed by atoms with Gasteiger partial charge in [0.25, 0.3) is 0 Å². The number of amides is 1. The number of rotatable bonds is 5. The minimum Gasteiger partial charge on any atom is -0.360 e. The number of anilines is 2. The van der Waals surface area contributed by atoms with Crippen molar-refractivity contribution in [3.05, 3.63) is 12.4 Å². The van der Waals surface area contributed by atoms with Crippen molar-refractivity contribution in [1.82, 2.24) is 15.3 Å². The van der Waals surface area contributed by atoms with Crippen molar-refractivity contribution in [1.29, 1.82) is 0 Å². The van der Waals surface area contributed by atoms with Crippen molar-refractivity contribution in [3.8, 4) is 12.3 Å². The molecule has 1 amide bonds. The smallest absolute Gasteiger partial charge is 0.240 e. The summed E-state index contributed by atoms with van der Waals surface area (Å²) >= 11 is 0. The van der Waals surface area contributed by atoms with E-state index in [1.807, 2.05) is 19.0 Å². The number of nitrogens with zero attached hydrogens (tertiary/aromatic N) is 3. The Hall–Kier alpha value is -2.29. The largest absolute Gasteiger partial charge is 0.360 e. The lowest BCUT2D eigenvalue weighted by molar-refractivity contribution is -0.119. The quantitative estimate of drug-likeness (QED) is 0.684. The lowest BCUT2D eigenvalue weighted by Gasteiger charge is -2.15. The maximum atomic E-state index is 11.3. The van der Waals surface area contributed by atoms with Gasteiger partial charge in [-0.2, -0.15) is 0 Å². The predicted molar refractivity (Wildman–Crippen MR) is 66.7 cm³/mol. The third-order valence-electron chi connectivity index (χ3n) is 1.91. The Morgan fingerprint density at radius 3 is 2.82 bits per heavy atom. The third-order valence-corrected chi connectivity index (χ3v) is 1.91. The number of nitrogens with one attached hydrogen (secondary N) is 2. The fourth-order valence-corrected chi connectivity index (χ4v) is 1.16. The van der Waals surface area contributed by atoms with E-state index in [9.17, 15) is 4.79 Å². The Kier molecular flexibility index (Phi) is 4.76. The molecule has 0 radical (unpaired) electrons. The zero-order valence-corrected chi connectivity index (χ0v) is 9.90. The van der Waals surface area contributed by atoms with Gasteiger partial charge in [-0.15, -0.1) is 6.42 Å². The Morgan fingerprint density at radius 2 is 2.18 bits per heavy atom. The van der Waals surface area contributed by atoms with Crippen LogP contribution < -0.4 is 15.5 Å². The first kappa shape index (κ1) is 12.8. The fourth-order valence-electron chi connectivity index (χ4n) is 1.16. The zero-order chi connectivity index (χ0) is 12.7. The number of hydrogen-bond acceptors (Lipinski definition) is 5. The van der Waals surface area contributed by atoms with E-state index in [-0.39, 0.29) is 19.0 Å². The summed E-state index contributed by atoms with van der Waals surface area (Å²) in [6.45, 7) is 0.336. The molecule has 0 aliphatic heterocycles. The Labute approximate surface area is 100 Å². The standard InChI is InChI=1S/C11H15N5O/c1-4-5-12-9(17)8-15-10-11(16(2)3)14-7-6-13-10/h1,6-7H,5,8H2,2-3H3,(H,12,17)(H,13,15). The minimum atomic E-state index is -0.182. The van der Waals surface area contributed by atoms with Crippen molar-refractivity contribution >= 4 is 17.5 Å². The van der Waals surface area contributed by atoms with Gasteiger partial charge in [-0.25, -0.2) is 9.97 Å². The fraction of sp³-hybridized carbons (Fsp3) is 0.364. The molecule has 0 bridgehead atoms. The molecule has 0 saturated heterocycles. The van der Waals surface area contributed by atoms with E-state index in [1.54, 1.807) is 12.4 Å². The van der Waals surface area contributed by atoms with Gasteiger partial charge in [-0.05, 0) is 0 Å². The molecule has 0 aromatic carbocycles. The molecule has 0 saturated carbocycles. The van der Waals surface area contributed by atoms with Gasteiger partial charge in [-0.1, -0.05) is 5.92 Å². The molecule has 1 aromatic heterocycles. The van der Waals surface area contributed by atoms with Crippen LogP contribution in [-0.2, 0) is 4.79 Å². The minimum absolute atomic E-state index is 0.112. The predicted octanol–water partition coefficient (Wildman–Crippen LogP) is -0.296. The van der Waals surface area contributed by atoms with E-state index >= 15 is 0 Å². The van der Waals surface area contributed by atoms with Gasteiger partial charge >= 0.3 is 0 Å². The van der Waals surface area contributed by atoms with Gasteiger partial charge in [0.1, 0.15) is 0 Å². The first-order valence-electron chi connectivity index (χ1n) is 5.07. The summed E-state index contributed by atoms with van der Waals surface area (Å²) in [5.74, 6) is 3.39. The van der Waals surface area contributed by atoms with Crippen molar-refractivity contribution in [2.24, 2.45) is 0 Å². The highest BCUT2D eigenvalue weighted by Gasteiger charge is 2.07. The average Bonchev–Trinajstić information content (AvgIpc) is 2.34. The Morgan fingerprint density at radius 1 is 1.47 bits per heavy atom. The zero-order valence-electron chi connectivity index (χ0n) is 9.90. The maximum absolute atomic E-state index is 11.3. The van der Waals surface area contributed by atoms with Crippen LogP contribution in [-0.4, -0.2) is 43.1 Å². The molecule has 0 aliphatic carbocycles. The molecule has 1 aromatic rings. The third kappa shape index (κ3) is 3.99. The van der Waals surface area contributed by atoms with Crippen LogP contribution in [0.1, 0.15) is 0 Å². The number of terminal acetylenes is 1. The van der Waals surface area contributed by atoms with Crippen molar-refractivity contribution in [2.75, 3.05) is 37.4 Å². The van der Waals surface area contributed by atoms with Crippen LogP contribution in [0.2, 0.25) is 0 Å². The molecule has 1 heterocycles. The first-order chi connectivity index (χ1) is 8.15. The Bertz CT molecular complexity index is 424. The molecular formula is C11H15N5O. The lowest BCUT2D eigenvalue weighted by Crippen LogP contribution is -2.30. The summed E-state index contributed by atoms with van der Waals surface area (Å²) in [5, 5.41) is 5.46. The highest BCUT2D eigenvalue weighted by molar-refractivity contribution is 5.81. The number of hydrogen-bond donors (Lipinski definition) is 2. The molecule has 0 aliphatic rings. The van der Waals surface area contributed by atoms with Crippen molar-refractivity contribution < 1.29 is 4.79 Å². The van der Waals surface area contributed by atoms with Crippen LogP contribution in [0.4, 0.5) is 11.6 Å². The Balaban J connectivity index is 2.57. The normalized spacial score (nSPS) is 9.24. The van der Waals surface area contributed by atoms with Crippen molar-refractivity contribution in [2.45, 2.75) is 0 Å². The number of aromatic nitrogens is 2. The van der Waals surface area contributed by atoms with Gasteiger partial charge in [0.05, 0.1) is 13.1 Å². The summed E-state index contributed by atoms with van der Waals surface area (Å²) in [7, 11) is 3.71. The molecule has 0 unspecified atom stereocenters. The van der Waals surface area contributed by atoms with E-state index in [1.165, 1.54) is 0 Å². The van der Waals surface area contributed by atoms with E-state index in [0.717, 1.165) is 0 Å². The SMILES string of the molecule is C#CCNC(=O)CNc1nccnc1N(C)C. The van der Waals surface area contributed by atoms with Gasteiger partial charge in [0.2, 0.25) is 5.91 Å². The molecule has 0 fully saturated rings. The second-order valence-corrected chi connectivity index (χ2v) is 3.46. The molecule has 0 spiro atoms. The molecule has 6 nitrogen and oxygen atoms in total.